The minimum Gasteiger partial charge on any atom is -0.317 e. The Morgan fingerprint density at radius 2 is 1.70 bits per heavy atom. The molecule has 5 heteroatoms. The summed E-state index contributed by atoms with van der Waals surface area (Å²) in [7, 11) is 0. The van der Waals surface area contributed by atoms with E-state index in [1.165, 1.54) is 6.21 Å². The number of rotatable bonds is 3. The second-order valence-electron chi connectivity index (χ2n) is 5.33. The number of hydrogen-bond donors (Lipinski definition) is 2. The molecule has 0 aliphatic carbocycles. The molecule has 0 heterocycles. The lowest BCUT2D eigenvalue weighted by Crippen LogP contribution is -2.32. The van der Waals surface area contributed by atoms with E-state index in [0.29, 0.717) is 5.69 Å². The summed E-state index contributed by atoms with van der Waals surface area (Å²) in [5, 5.41) is 6.41. The molecule has 0 saturated heterocycles. The van der Waals surface area contributed by atoms with Crippen LogP contribution in [0.3, 0.4) is 0 Å². The monoisotopic (exact) mass is 309 g/mol. The molecule has 2 aromatic rings. The van der Waals surface area contributed by atoms with Gasteiger partial charge in [-0.25, -0.2) is 5.43 Å². The highest BCUT2D eigenvalue weighted by Gasteiger charge is 2.13. The van der Waals surface area contributed by atoms with Crippen LogP contribution >= 0.6 is 0 Å². The van der Waals surface area contributed by atoms with E-state index in [4.69, 9.17) is 0 Å². The SMILES string of the molecule is Cc1ccc(C)c(NC(=O)C(=O)N/N=C/c2ccccc2C)c1. The van der Waals surface area contributed by atoms with Gasteiger partial charge in [0.05, 0.1) is 6.21 Å². The first-order chi connectivity index (χ1) is 11.0. The van der Waals surface area contributed by atoms with E-state index < -0.39 is 11.8 Å². The van der Waals surface area contributed by atoms with Crippen molar-refractivity contribution in [3.63, 3.8) is 0 Å². The fourth-order valence-electron chi connectivity index (χ4n) is 1.99. The van der Waals surface area contributed by atoms with Gasteiger partial charge in [0.1, 0.15) is 0 Å². The third-order valence-corrected chi connectivity index (χ3v) is 3.41. The Balaban J connectivity index is 1.97. The van der Waals surface area contributed by atoms with E-state index in [1.807, 2.05) is 63.2 Å². The highest BCUT2D eigenvalue weighted by Crippen LogP contribution is 2.16. The molecule has 0 fully saturated rings. The number of nitrogens with zero attached hydrogens (tertiary/aromatic N) is 1. The van der Waals surface area contributed by atoms with Crippen molar-refractivity contribution in [2.45, 2.75) is 20.8 Å². The number of benzene rings is 2. The van der Waals surface area contributed by atoms with Gasteiger partial charge in [-0.1, -0.05) is 36.4 Å². The third-order valence-electron chi connectivity index (χ3n) is 3.41. The first kappa shape index (κ1) is 16.4. The maximum Gasteiger partial charge on any atom is 0.329 e. The number of aryl methyl sites for hydroxylation is 3. The Bertz CT molecular complexity index is 767. The van der Waals surface area contributed by atoms with Crippen molar-refractivity contribution in [2.24, 2.45) is 5.10 Å². The van der Waals surface area contributed by atoms with Crippen LogP contribution in [0, 0.1) is 20.8 Å². The van der Waals surface area contributed by atoms with E-state index in [2.05, 4.69) is 15.8 Å². The van der Waals surface area contributed by atoms with Crippen molar-refractivity contribution >= 4 is 23.7 Å². The quantitative estimate of drug-likeness (QED) is 0.520. The van der Waals surface area contributed by atoms with Crippen LogP contribution in [0.25, 0.3) is 0 Å². The standard InChI is InChI=1S/C18H19N3O2/c1-12-8-9-14(3)16(10-12)20-17(22)18(23)21-19-11-15-7-5-4-6-13(15)2/h4-11H,1-3H3,(H,20,22)(H,21,23)/b19-11+. The molecular formula is C18H19N3O2. The zero-order valence-electron chi connectivity index (χ0n) is 13.4. The molecule has 5 nitrogen and oxygen atoms in total. The van der Waals surface area contributed by atoms with Gasteiger partial charge < -0.3 is 5.32 Å². The van der Waals surface area contributed by atoms with Crippen LogP contribution in [-0.4, -0.2) is 18.0 Å². The number of carbonyl (C=O) groups is 2. The van der Waals surface area contributed by atoms with Crippen LogP contribution < -0.4 is 10.7 Å². The lowest BCUT2D eigenvalue weighted by molar-refractivity contribution is -0.136. The summed E-state index contributed by atoms with van der Waals surface area (Å²) in [5.74, 6) is -1.56. The van der Waals surface area contributed by atoms with E-state index >= 15 is 0 Å². The molecular weight excluding hydrogens is 290 g/mol. The van der Waals surface area contributed by atoms with E-state index in [0.717, 1.165) is 22.3 Å². The minimum absolute atomic E-state index is 0.619. The largest absolute Gasteiger partial charge is 0.329 e. The van der Waals surface area contributed by atoms with Crippen molar-refractivity contribution < 1.29 is 9.59 Å². The van der Waals surface area contributed by atoms with E-state index in [-0.39, 0.29) is 0 Å². The Morgan fingerprint density at radius 1 is 0.957 bits per heavy atom. The highest BCUT2D eigenvalue weighted by molar-refractivity contribution is 6.39. The second kappa shape index (κ2) is 7.35. The Kier molecular flexibility index (Phi) is 5.25. The van der Waals surface area contributed by atoms with Crippen LogP contribution in [0.2, 0.25) is 0 Å². The smallest absolute Gasteiger partial charge is 0.317 e. The molecule has 2 amide bonds. The number of hydrogen-bond acceptors (Lipinski definition) is 3. The number of nitrogens with one attached hydrogen (secondary N) is 2. The molecule has 0 aliphatic rings. The molecule has 0 unspecified atom stereocenters. The number of hydrazone groups is 1. The third kappa shape index (κ3) is 4.51. The molecule has 118 valence electrons. The normalized spacial score (nSPS) is 10.6. The number of amides is 2. The van der Waals surface area contributed by atoms with Crippen molar-refractivity contribution in [3.05, 3.63) is 64.7 Å². The van der Waals surface area contributed by atoms with Gasteiger partial charge >= 0.3 is 11.8 Å². The molecule has 23 heavy (non-hydrogen) atoms. The fourth-order valence-corrected chi connectivity index (χ4v) is 1.99. The first-order valence-electron chi connectivity index (χ1n) is 7.24. The van der Waals surface area contributed by atoms with Crippen molar-refractivity contribution in [1.29, 1.82) is 0 Å². The molecule has 2 rings (SSSR count). The summed E-state index contributed by atoms with van der Waals surface area (Å²) in [6.45, 7) is 5.72. The molecule has 0 aromatic heterocycles. The molecule has 2 aromatic carbocycles. The zero-order valence-corrected chi connectivity index (χ0v) is 13.4. The van der Waals surface area contributed by atoms with Crippen molar-refractivity contribution in [2.75, 3.05) is 5.32 Å². The lowest BCUT2D eigenvalue weighted by Gasteiger charge is -2.08. The number of anilines is 1. The maximum absolute atomic E-state index is 11.9. The van der Waals surface area contributed by atoms with Crippen molar-refractivity contribution in [1.82, 2.24) is 5.43 Å². The molecule has 0 saturated carbocycles. The van der Waals surface area contributed by atoms with Crippen LogP contribution in [0.15, 0.2) is 47.6 Å². The first-order valence-corrected chi connectivity index (χ1v) is 7.24. The molecule has 0 atom stereocenters. The highest BCUT2D eigenvalue weighted by atomic mass is 16.2. The van der Waals surface area contributed by atoms with Gasteiger partial charge in [0.15, 0.2) is 0 Å². The summed E-state index contributed by atoms with van der Waals surface area (Å²) in [5.41, 5.74) is 6.65. The van der Waals surface area contributed by atoms with Crippen LogP contribution in [-0.2, 0) is 9.59 Å². The van der Waals surface area contributed by atoms with E-state index in [9.17, 15) is 9.59 Å². The Morgan fingerprint density at radius 3 is 2.43 bits per heavy atom. The summed E-state index contributed by atoms with van der Waals surface area (Å²) in [6.07, 6.45) is 1.51. The summed E-state index contributed by atoms with van der Waals surface area (Å²) >= 11 is 0. The predicted molar refractivity (Wildman–Crippen MR) is 91.5 cm³/mol. The molecule has 0 spiro atoms. The second-order valence-corrected chi connectivity index (χ2v) is 5.33. The predicted octanol–water partition coefficient (Wildman–Crippen LogP) is 2.70. The van der Waals surface area contributed by atoms with E-state index in [1.54, 1.807) is 0 Å². The topological polar surface area (TPSA) is 70.6 Å². The maximum atomic E-state index is 11.9. The minimum atomic E-state index is -0.809. The van der Waals surface area contributed by atoms with Gasteiger partial charge in [0, 0.05) is 5.69 Å². The summed E-state index contributed by atoms with van der Waals surface area (Å²) in [6, 6.07) is 13.3. The van der Waals surface area contributed by atoms with Crippen LogP contribution in [0.1, 0.15) is 22.3 Å². The summed E-state index contributed by atoms with van der Waals surface area (Å²) in [4.78, 5) is 23.7. The average Bonchev–Trinajstić information content (AvgIpc) is 2.52. The average molecular weight is 309 g/mol. The summed E-state index contributed by atoms with van der Waals surface area (Å²) < 4.78 is 0. The fraction of sp³-hybridized carbons (Fsp3) is 0.167. The van der Waals surface area contributed by atoms with Gasteiger partial charge in [-0.2, -0.15) is 5.10 Å². The Labute approximate surface area is 135 Å². The molecule has 0 bridgehead atoms. The van der Waals surface area contributed by atoms with Gasteiger partial charge in [-0.3, -0.25) is 9.59 Å². The molecule has 0 aliphatic heterocycles. The molecule has 2 N–H and O–H groups in total. The van der Waals surface area contributed by atoms with Gasteiger partial charge in [-0.15, -0.1) is 0 Å². The Hall–Kier alpha value is -2.95. The van der Waals surface area contributed by atoms with Crippen LogP contribution in [0.5, 0.6) is 0 Å². The molecule has 0 radical (unpaired) electrons. The van der Waals surface area contributed by atoms with Gasteiger partial charge in [0.25, 0.3) is 0 Å². The van der Waals surface area contributed by atoms with Crippen LogP contribution in [0.4, 0.5) is 5.69 Å². The van der Waals surface area contributed by atoms with Gasteiger partial charge in [-0.05, 0) is 49.1 Å². The lowest BCUT2D eigenvalue weighted by atomic mass is 10.1. The number of carbonyl (C=O) groups excluding carboxylic acids is 2. The van der Waals surface area contributed by atoms with Crippen molar-refractivity contribution in [3.8, 4) is 0 Å². The van der Waals surface area contributed by atoms with Gasteiger partial charge in [0.2, 0.25) is 0 Å². The zero-order chi connectivity index (χ0) is 16.8.